The first kappa shape index (κ1) is 16.9. The van der Waals surface area contributed by atoms with Crippen molar-refractivity contribution in [1.82, 2.24) is 0 Å². The molecule has 0 radical (unpaired) electrons. The maximum absolute atomic E-state index is 13.2. The Morgan fingerprint density at radius 3 is 2.56 bits per heavy atom. The number of halogens is 2. The predicted octanol–water partition coefficient (Wildman–Crippen LogP) is 5.26. The molecule has 0 unspecified atom stereocenters. The molecule has 0 spiro atoms. The summed E-state index contributed by atoms with van der Waals surface area (Å²) in [5.74, 6) is -0.555. The number of carbonyl (C=O) groups excluding carboxylic acids is 1. The first-order chi connectivity index (χ1) is 12.0. The lowest BCUT2D eigenvalue weighted by molar-refractivity contribution is -0.113. The second-order valence-corrected chi connectivity index (χ2v) is 8.50. The van der Waals surface area contributed by atoms with Crippen LogP contribution in [0.3, 0.4) is 0 Å². The van der Waals surface area contributed by atoms with Gasteiger partial charge in [-0.25, -0.2) is 4.39 Å². The molecule has 0 saturated carbocycles. The Labute approximate surface area is 162 Å². The Hall–Kier alpha value is -1.54. The Balaban J connectivity index is 1.73. The lowest BCUT2D eigenvalue weighted by Gasteiger charge is -2.16. The summed E-state index contributed by atoms with van der Waals surface area (Å²) in [5.41, 5.74) is 1.52. The van der Waals surface area contributed by atoms with Crippen LogP contribution in [0, 0.1) is 5.82 Å². The Morgan fingerprint density at radius 2 is 1.84 bits per heavy atom. The molecule has 4 rings (SSSR count). The average Bonchev–Trinajstić information content (AvgIpc) is 3.06. The van der Waals surface area contributed by atoms with Crippen LogP contribution in [0.2, 0.25) is 5.02 Å². The molecule has 2 aromatic rings. The standard InChI is InChI=1S/C17H10ClFN2OS3/c1-20-12-8-9(18)2-7-13(12)24-16(20)14-15(22)21(17(23)25-14)11-5-3-10(19)4-6-11/h2-8H,1H3/b16-14-. The van der Waals surface area contributed by atoms with E-state index in [1.807, 2.05) is 30.1 Å². The molecule has 126 valence electrons. The van der Waals surface area contributed by atoms with Gasteiger partial charge in [0.05, 0.1) is 16.4 Å². The minimum absolute atomic E-state index is 0.199. The molecule has 0 bridgehead atoms. The van der Waals surface area contributed by atoms with Crippen molar-refractivity contribution in [2.75, 3.05) is 16.8 Å². The third-order valence-corrected chi connectivity index (χ3v) is 6.80. The highest BCUT2D eigenvalue weighted by Crippen LogP contribution is 2.50. The van der Waals surface area contributed by atoms with Gasteiger partial charge in [0.25, 0.3) is 5.91 Å². The van der Waals surface area contributed by atoms with Crippen molar-refractivity contribution in [2.45, 2.75) is 4.90 Å². The van der Waals surface area contributed by atoms with Gasteiger partial charge in [-0.2, -0.15) is 0 Å². The number of thiocarbonyl (C=S) groups is 1. The van der Waals surface area contributed by atoms with E-state index in [-0.39, 0.29) is 11.7 Å². The number of hydrogen-bond acceptors (Lipinski definition) is 5. The fourth-order valence-electron chi connectivity index (χ4n) is 2.63. The number of benzene rings is 2. The molecule has 2 aliphatic heterocycles. The lowest BCUT2D eigenvalue weighted by Crippen LogP contribution is -2.28. The zero-order valence-corrected chi connectivity index (χ0v) is 16.0. The topological polar surface area (TPSA) is 23.6 Å². The van der Waals surface area contributed by atoms with Gasteiger partial charge in [0.1, 0.15) is 10.7 Å². The Kier molecular flexibility index (Phi) is 4.27. The molecular weight excluding hydrogens is 399 g/mol. The van der Waals surface area contributed by atoms with Crippen LogP contribution in [0.1, 0.15) is 0 Å². The molecular formula is C17H10ClFN2OS3. The minimum atomic E-state index is -0.356. The predicted molar refractivity (Wildman–Crippen MR) is 107 cm³/mol. The minimum Gasteiger partial charge on any atom is -0.337 e. The van der Waals surface area contributed by atoms with Crippen molar-refractivity contribution in [1.29, 1.82) is 0 Å². The largest absolute Gasteiger partial charge is 0.337 e. The number of nitrogens with zero attached hydrogens (tertiary/aromatic N) is 2. The number of amides is 1. The number of thioether (sulfide) groups is 2. The van der Waals surface area contributed by atoms with E-state index in [9.17, 15) is 9.18 Å². The third kappa shape index (κ3) is 2.85. The molecule has 0 aliphatic carbocycles. The highest BCUT2D eigenvalue weighted by molar-refractivity contribution is 8.27. The summed E-state index contributed by atoms with van der Waals surface area (Å²) in [6.07, 6.45) is 0. The summed E-state index contributed by atoms with van der Waals surface area (Å²) in [6.45, 7) is 0. The zero-order valence-electron chi connectivity index (χ0n) is 12.8. The molecule has 25 heavy (non-hydrogen) atoms. The molecule has 8 heteroatoms. The molecule has 1 amide bonds. The Morgan fingerprint density at radius 1 is 1.12 bits per heavy atom. The van der Waals surface area contributed by atoms with Gasteiger partial charge < -0.3 is 4.90 Å². The van der Waals surface area contributed by atoms with E-state index < -0.39 is 0 Å². The highest BCUT2D eigenvalue weighted by Gasteiger charge is 2.39. The maximum atomic E-state index is 13.2. The van der Waals surface area contributed by atoms with E-state index in [1.54, 1.807) is 12.1 Å². The number of fused-ring (bicyclic) bond motifs is 1. The van der Waals surface area contributed by atoms with Crippen molar-refractivity contribution in [3.05, 3.63) is 63.2 Å². The summed E-state index contributed by atoms with van der Waals surface area (Å²) in [4.78, 5) is 17.9. The van der Waals surface area contributed by atoms with Crippen LogP contribution >= 0.6 is 47.3 Å². The number of anilines is 2. The third-order valence-electron chi connectivity index (χ3n) is 3.84. The second kappa shape index (κ2) is 6.32. The summed E-state index contributed by atoms with van der Waals surface area (Å²) in [6, 6.07) is 11.4. The smallest absolute Gasteiger partial charge is 0.273 e. The van der Waals surface area contributed by atoms with Crippen LogP contribution < -0.4 is 9.80 Å². The van der Waals surface area contributed by atoms with Gasteiger partial charge in [0, 0.05) is 17.0 Å². The van der Waals surface area contributed by atoms with E-state index in [1.165, 1.54) is 40.6 Å². The first-order valence-electron chi connectivity index (χ1n) is 7.23. The molecule has 0 N–H and O–H groups in total. The average molecular weight is 409 g/mol. The molecule has 0 atom stereocenters. The van der Waals surface area contributed by atoms with E-state index in [0.717, 1.165) is 15.6 Å². The number of rotatable bonds is 1. The molecule has 1 saturated heterocycles. The molecule has 0 aromatic heterocycles. The normalized spacial score (nSPS) is 19.8. The fourth-order valence-corrected chi connectivity index (χ4v) is 5.40. The van der Waals surface area contributed by atoms with Crippen molar-refractivity contribution < 1.29 is 9.18 Å². The molecule has 2 aromatic carbocycles. The van der Waals surface area contributed by atoms with Crippen LogP contribution in [0.5, 0.6) is 0 Å². The number of carbonyl (C=O) groups is 1. The van der Waals surface area contributed by atoms with Crippen LogP contribution in [0.25, 0.3) is 0 Å². The monoisotopic (exact) mass is 408 g/mol. The van der Waals surface area contributed by atoms with Crippen LogP contribution in [0.4, 0.5) is 15.8 Å². The van der Waals surface area contributed by atoms with E-state index in [4.69, 9.17) is 23.8 Å². The molecule has 2 heterocycles. The second-order valence-electron chi connectivity index (χ2n) is 5.39. The van der Waals surface area contributed by atoms with Crippen LogP contribution in [0.15, 0.2) is 57.3 Å². The van der Waals surface area contributed by atoms with Crippen LogP contribution in [-0.4, -0.2) is 17.3 Å². The summed E-state index contributed by atoms with van der Waals surface area (Å²) >= 11 is 14.2. The van der Waals surface area contributed by atoms with Crippen molar-refractivity contribution in [3.63, 3.8) is 0 Å². The first-order valence-corrected chi connectivity index (χ1v) is 9.65. The van der Waals surface area contributed by atoms with E-state index in [0.29, 0.717) is 19.9 Å². The molecule has 1 fully saturated rings. The van der Waals surface area contributed by atoms with Gasteiger partial charge in [0.2, 0.25) is 0 Å². The van der Waals surface area contributed by atoms with Gasteiger partial charge in [-0.05, 0) is 42.5 Å². The van der Waals surface area contributed by atoms with E-state index in [2.05, 4.69) is 0 Å². The fraction of sp³-hybridized carbons (Fsp3) is 0.0588. The van der Waals surface area contributed by atoms with E-state index >= 15 is 0 Å². The lowest BCUT2D eigenvalue weighted by atomic mass is 10.3. The molecule has 2 aliphatic rings. The Bertz CT molecular complexity index is 945. The summed E-state index contributed by atoms with van der Waals surface area (Å²) in [7, 11) is 1.90. The summed E-state index contributed by atoms with van der Waals surface area (Å²) < 4.78 is 13.6. The van der Waals surface area contributed by atoms with Crippen molar-refractivity contribution in [3.8, 4) is 0 Å². The SMILES string of the molecule is CN1/C(=C2/SC(=S)N(c3ccc(F)cc3)C2=O)Sc2ccc(Cl)cc21. The van der Waals surface area contributed by atoms with Crippen LogP contribution in [-0.2, 0) is 4.79 Å². The van der Waals surface area contributed by atoms with Crippen molar-refractivity contribution >= 4 is 68.9 Å². The van der Waals surface area contributed by atoms with Crippen molar-refractivity contribution in [2.24, 2.45) is 0 Å². The zero-order chi connectivity index (χ0) is 17.7. The van der Waals surface area contributed by atoms with Gasteiger partial charge in [-0.1, -0.05) is 47.3 Å². The maximum Gasteiger partial charge on any atom is 0.273 e. The van der Waals surface area contributed by atoms with Gasteiger partial charge in [-0.3, -0.25) is 9.69 Å². The van der Waals surface area contributed by atoms with Gasteiger partial charge in [-0.15, -0.1) is 0 Å². The quantitative estimate of drug-likeness (QED) is 0.473. The van der Waals surface area contributed by atoms with Gasteiger partial charge >= 0.3 is 0 Å². The van der Waals surface area contributed by atoms with Gasteiger partial charge in [0.15, 0.2) is 4.32 Å². The summed E-state index contributed by atoms with van der Waals surface area (Å²) in [5, 5.41) is 1.46. The highest BCUT2D eigenvalue weighted by atomic mass is 35.5. The number of hydrogen-bond donors (Lipinski definition) is 0. The molecule has 3 nitrogen and oxygen atoms in total.